The number of ether oxygens (including phenoxy) is 1. The fourth-order valence-electron chi connectivity index (χ4n) is 5.62. The molecule has 0 spiro atoms. The van der Waals surface area contributed by atoms with Crippen molar-refractivity contribution in [2.45, 2.75) is 58.4 Å². The second-order valence-corrected chi connectivity index (χ2v) is 9.40. The van der Waals surface area contributed by atoms with Crippen LogP contribution >= 0.6 is 0 Å². The molecule has 1 heterocycles. The maximum absolute atomic E-state index is 13.1. The SMILES string of the molecule is COc1ccc(C2CC2C(=O)N2CC3(C)CC2CC(C)(C)C3)cc1. The highest BCUT2D eigenvalue weighted by molar-refractivity contribution is 5.83. The minimum Gasteiger partial charge on any atom is -0.497 e. The van der Waals surface area contributed by atoms with Gasteiger partial charge in [-0.1, -0.05) is 32.9 Å². The number of likely N-dealkylation sites (tertiary alicyclic amines) is 1. The molecular weight excluding hydrogens is 298 g/mol. The van der Waals surface area contributed by atoms with Crippen LogP contribution in [-0.2, 0) is 4.79 Å². The normalized spacial score (nSPS) is 36.5. The summed E-state index contributed by atoms with van der Waals surface area (Å²) < 4.78 is 5.23. The smallest absolute Gasteiger partial charge is 0.226 e. The van der Waals surface area contributed by atoms with Crippen molar-refractivity contribution in [3.05, 3.63) is 29.8 Å². The molecule has 4 rings (SSSR count). The van der Waals surface area contributed by atoms with E-state index in [4.69, 9.17) is 4.74 Å². The zero-order valence-electron chi connectivity index (χ0n) is 15.3. The molecule has 3 fully saturated rings. The van der Waals surface area contributed by atoms with Crippen molar-refractivity contribution in [2.24, 2.45) is 16.7 Å². The van der Waals surface area contributed by atoms with Crippen molar-refractivity contribution in [2.75, 3.05) is 13.7 Å². The molecule has 1 aliphatic heterocycles. The van der Waals surface area contributed by atoms with Crippen molar-refractivity contribution in [3.63, 3.8) is 0 Å². The number of carbonyl (C=O) groups is 1. The van der Waals surface area contributed by atoms with Crippen LogP contribution in [0.15, 0.2) is 24.3 Å². The quantitative estimate of drug-likeness (QED) is 0.831. The van der Waals surface area contributed by atoms with Gasteiger partial charge in [0, 0.05) is 18.5 Å². The molecule has 0 N–H and O–H groups in total. The molecule has 4 atom stereocenters. The molecule has 3 heteroatoms. The second-order valence-electron chi connectivity index (χ2n) is 9.40. The second kappa shape index (κ2) is 5.24. The summed E-state index contributed by atoms with van der Waals surface area (Å²) in [6.45, 7) is 8.07. The van der Waals surface area contributed by atoms with E-state index in [0.29, 0.717) is 28.7 Å². The molecule has 2 saturated carbocycles. The van der Waals surface area contributed by atoms with E-state index < -0.39 is 0 Å². The van der Waals surface area contributed by atoms with Gasteiger partial charge in [-0.15, -0.1) is 0 Å². The molecule has 1 aromatic rings. The number of carbonyl (C=O) groups excluding carboxylic acids is 1. The Balaban J connectivity index is 1.46. The summed E-state index contributed by atoms with van der Waals surface area (Å²) in [4.78, 5) is 15.4. The molecule has 130 valence electrons. The van der Waals surface area contributed by atoms with Crippen LogP contribution in [-0.4, -0.2) is 30.5 Å². The Bertz CT molecular complexity index is 650. The third kappa shape index (κ3) is 2.72. The van der Waals surface area contributed by atoms with Gasteiger partial charge in [0.15, 0.2) is 0 Å². The van der Waals surface area contributed by atoms with Gasteiger partial charge < -0.3 is 9.64 Å². The van der Waals surface area contributed by atoms with Crippen LogP contribution in [0.5, 0.6) is 5.75 Å². The summed E-state index contributed by atoms with van der Waals surface area (Å²) >= 11 is 0. The van der Waals surface area contributed by atoms with Crippen LogP contribution in [0.1, 0.15) is 57.9 Å². The lowest BCUT2D eigenvalue weighted by molar-refractivity contribution is -0.133. The fraction of sp³-hybridized carbons (Fsp3) is 0.667. The van der Waals surface area contributed by atoms with Crippen LogP contribution in [0.25, 0.3) is 0 Å². The first-order chi connectivity index (χ1) is 11.3. The van der Waals surface area contributed by atoms with E-state index in [0.717, 1.165) is 25.1 Å². The van der Waals surface area contributed by atoms with E-state index in [-0.39, 0.29) is 5.92 Å². The highest BCUT2D eigenvalue weighted by Gasteiger charge is 2.54. The lowest BCUT2D eigenvalue weighted by Gasteiger charge is -2.39. The molecule has 1 amide bonds. The molecule has 3 nitrogen and oxygen atoms in total. The summed E-state index contributed by atoms with van der Waals surface area (Å²) in [5.41, 5.74) is 1.97. The number of amides is 1. The Morgan fingerprint density at radius 1 is 1.17 bits per heavy atom. The molecule has 4 unspecified atom stereocenters. The Morgan fingerprint density at radius 3 is 2.54 bits per heavy atom. The lowest BCUT2D eigenvalue weighted by Crippen LogP contribution is -2.38. The maximum atomic E-state index is 13.1. The zero-order valence-corrected chi connectivity index (χ0v) is 15.3. The topological polar surface area (TPSA) is 29.5 Å². The largest absolute Gasteiger partial charge is 0.497 e. The fourth-order valence-corrected chi connectivity index (χ4v) is 5.62. The van der Waals surface area contributed by atoms with Gasteiger partial charge in [-0.3, -0.25) is 4.79 Å². The minimum absolute atomic E-state index is 0.199. The Kier molecular flexibility index (Phi) is 3.49. The molecule has 1 aromatic carbocycles. The van der Waals surface area contributed by atoms with E-state index in [1.807, 2.05) is 12.1 Å². The summed E-state index contributed by atoms with van der Waals surface area (Å²) in [5.74, 6) is 1.89. The predicted molar refractivity (Wildman–Crippen MR) is 95.1 cm³/mol. The number of methoxy groups -OCH3 is 1. The van der Waals surface area contributed by atoms with Crippen molar-refractivity contribution in [1.29, 1.82) is 0 Å². The third-order valence-corrected chi connectivity index (χ3v) is 6.35. The van der Waals surface area contributed by atoms with Crippen molar-refractivity contribution < 1.29 is 9.53 Å². The summed E-state index contributed by atoms with van der Waals surface area (Å²) in [5, 5.41) is 0. The van der Waals surface area contributed by atoms with Gasteiger partial charge in [-0.25, -0.2) is 0 Å². The highest BCUT2D eigenvalue weighted by Crippen LogP contribution is 2.55. The minimum atomic E-state index is 0.199. The highest BCUT2D eigenvalue weighted by atomic mass is 16.5. The van der Waals surface area contributed by atoms with Crippen LogP contribution < -0.4 is 4.74 Å². The van der Waals surface area contributed by atoms with Gasteiger partial charge in [0.05, 0.1) is 7.11 Å². The average molecular weight is 327 g/mol. The first-order valence-corrected chi connectivity index (χ1v) is 9.25. The first kappa shape index (κ1) is 16.0. The third-order valence-electron chi connectivity index (χ3n) is 6.35. The van der Waals surface area contributed by atoms with E-state index in [9.17, 15) is 4.79 Å². The molecule has 2 aliphatic carbocycles. The molecule has 3 aliphatic rings. The number of fused-ring (bicyclic) bond motifs is 2. The van der Waals surface area contributed by atoms with Crippen LogP contribution in [0, 0.1) is 16.7 Å². The van der Waals surface area contributed by atoms with Gasteiger partial charge in [0.2, 0.25) is 5.91 Å². The molecule has 2 bridgehead atoms. The van der Waals surface area contributed by atoms with Gasteiger partial charge in [0.25, 0.3) is 0 Å². The molecular formula is C21H29NO2. The van der Waals surface area contributed by atoms with Gasteiger partial charge in [0.1, 0.15) is 5.75 Å². The molecule has 1 saturated heterocycles. The van der Waals surface area contributed by atoms with Crippen LogP contribution in [0.4, 0.5) is 0 Å². The van der Waals surface area contributed by atoms with E-state index in [1.165, 1.54) is 18.4 Å². The van der Waals surface area contributed by atoms with Crippen LogP contribution in [0.2, 0.25) is 0 Å². The monoisotopic (exact) mass is 327 g/mol. The number of nitrogens with zero attached hydrogens (tertiary/aromatic N) is 1. The van der Waals surface area contributed by atoms with Crippen molar-refractivity contribution in [3.8, 4) is 5.75 Å². The number of benzene rings is 1. The Morgan fingerprint density at radius 2 is 1.88 bits per heavy atom. The van der Waals surface area contributed by atoms with Gasteiger partial charge in [-0.05, 0) is 60.1 Å². The number of hydrogen-bond donors (Lipinski definition) is 0. The molecule has 0 radical (unpaired) electrons. The maximum Gasteiger partial charge on any atom is 0.226 e. The van der Waals surface area contributed by atoms with E-state index in [1.54, 1.807) is 7.11 Å². The number of hydrogen-bond acceptors (Lipinski definition) is 2. The molecule has 24 heavy (non-hydrogen) atoms. The zero-order chi connectivity index (χ0) is 17.1. The first-order valence-electron chi connectivity index (χ1n) is 9.25. The van der Waals surface area contributed by atoms with E-state index in [2.05, 4.69) is 37.8 Å². The van der Waals surface area contributed by atoms with Crippen molar-refractivity contribution in [1.82, 2.24) is 4.90 Å². The van der Waals surface area contributed by atoms with Gasteiger partial charge >= 0.3 is 0 Å². The molecule has 0 aromatic heterocycles. The summed E-state index contributed by atoms with van der Waals surface area (Å²) in [6.07, 6.45) is 4.61. The lowest BCUT2D eigenvalue weighted by atomic mass is 9.65. The Hall–Kier alpha value is -1.51. The summed E-state index contributed by atoms with van der Waals surface area (Å²) in [7, 11) is 1.69. The Labute approximate surface area is 145 Å². The van der Waals surface area contributed by atoms with Crippen LogP contribution in [0.3, 0.4) is 0 Å². The van der Waals surface area contributed by atoms with Gasteiger partial charge in [-0.2, -0.15) is 0 Å². The average Bonchev–Trinajstić information content (AvgIpc) is 3.26. The van der Waals surface area contributed by atoms with Crippen molar-refractivity contribution >= 4 is 5.91 Å². The summed E-state index contributed by atoms with van der Waals surface area (Å²) in [6, 6.07) is 8.69. The standard InChI is InChI=1S/C21H29NO2/c1-20(2)10-15-11-21(3,12-20)13-22(15)19(23)18-9-17(18)14-5-7-16(24-4)8-6-14/h5-8,15,17-18H,9-13H2,1-4H3. The number of rotatable bonds is 3. The van der Waals surface area contributed by atoms with E-state index >= 15 is 0 Å². The predicted octanol–water partition coefficient (Wildman–Crippen LogP) is 4.23.